The molecule has 168 valence electrons. The molecule has 1 saturated carbocycles. The van der Waals surface area contributed by atoms with Crippen molar-refractivity contribution in [3.8, 4) is 11.1 Å². The van der Waals surface area contributed by atoms with Crippen LogP contribution >= 0.6 is 11.6 Å². The van der Waals surface area contributed by atoms with Gasteiger partial charge in [0.15, 0.2) is 0 Å². The van der Waals surface area contributed by atoms with E-state index in [4.69, 9.17) is 11.6 Å². The van der Waals surface area contributed by atoms with Gasteiger partial charge in [-0.3, -0.25) is 0 Å². The molecule has 0 unspecified atom stereocenters. The second-order valence-corrected chi connectivity index (χ2v) is 14.1. The van der Waals surface area contributed by atoms with Crippen LogP contribution < -0.4 is 0 Å². The highest BCUT2D eigenvalue weighted by Crippen LogP contribution is 2.42. The molecule has 0 radical (unpaired) electrons. The minimum Gasteiger partial charge on any atom is -0.207 e. The van der Waals surface area contributed by atoms with Gasteiger partial charge in [0.05, 0.1) is 0 Å². The minimum atomic E-state index is -0.350. The molecule has 1 heterocycles. The van der Waals surface area contributed by atoms with Gasteiger partial charge in [-0.15, -0.1) is 0 Å². The van der Waals surface area contributed by atoms with Crippen LogP contribution in [-0.4, -0.2) is 8.80 Å². The van der Waals surface area contributed by atoms with Crippen molar-refractivity contribution in [2.45, 2.75) is 82.8 Å². The Morgan fingerprint density at radius 3 is 2.16 bits per heavy atom. The fourth-order valence-corrected chi connectivity index (χ4v) is 9.84. The van der Waals surface area contributed by atoms with E-state index in [-0.39, 0.29) is 14.6 Å². The molecular formula is C28H38ClFSi. The molecule has 0 N–H and O–H groups in total. The van der Waals surface area contributed by atoms with Crippen molar-refractivity contribution in [1.29, 1.82) is 0 Å². The molecule has 0 amide bonds. The first-order valence-electron chi connectivity index (χ1n) is 12.7. The lowest BCUT2D eigenvalue weighted by Crippen LogP contribution is -2.28. The first-order chi connectivity index (χ1) is 15.1. The Bertz CT molecular complexity index is 817. The number of benzene rings is 2. The number of hydrogen-bond donors (Lipinski definition) is 0. The molecule has 2 aromatic carbocycles. The van der Waals surface area contributed by atoms with Gasteiger partial charge >= 0.3 is 0 Å². The molecule has 0 nitrogen and oxygen atoms in total. The lowest BCUT2D eigenvalue weighted by molar-refractivity contribution is 0.186. The van der Waals surface area contributed by atoms with Crippen LogP contribution in [0, 0.1) is 23.6 Å². The summed E-state index contributed by atoms with van der Waals surface area (Å²) in [7, 11) is -0.350. The number of hydrogen-bond acceptors (Lipinski definition) is 0. The topological polar surface area (TPSA) is 0 Å². The van der Waals surface area contributed by atoms with Crippen LogP contribution in [0.25, 0.3) is 11.1 Å². The maximum atomic E-state index is 14.7. The van der Waals surface area contributed by atoms with Crippen molar-refractivity contribution in [2.75, 3.05) is 0 Å². The van der Waals surface area contributed by atoms with Gasteiger partial charge in [-0.1, -0.05) is 93.0 Å². The summed E-state index contributed by atoms with van der Waals surface area (Å²) >= 11 is 5.97. The van der Waals surface area contributed by atoms with Gasteiger partial charge in [-0.2, -0.15) is 0 Å². The van der Waals surface area contributed by atoms with E-state index in [0.717, 1.165) is 47.3 Å². The van der Waals surface area contributed by atoms with Crippen molar-refractivity contribution in [3.63, 3.8) is 0 Å². The Balaban J connectivity index is 1.23. The van der Waals surface area contributed by atoms with Crippen LogP contribution in [-0.2, 0) is 6.42 Å². The zero-order valence-corrected chi connectivity index (χ0v) is 21.0. The molecule has 1 aliphatic heterocycles. The Labute approximate surface area is 195 Å². The molecule has 1 aliphatic carbocycles. The zero-order valence-electron chi connectivity index (χ0n) is 19.1. The fraction of sp³-hybridized carbons (Fsp3) is 0.571. The Kier molecular flexibility index (Phi) is 8.28. The molecule has 2 aliphatic rings. The molecule has 3 heteroatoms. The molecule has 2 fully saturated rings. The summed E-state index contributed by atoms with van der Waals surface area (Å²) in [6.45, 7) is 2.36. The summed E-state index contributed by atoms with van der Waals surface area (Å²) in [5, 5.41) is 0.710. The Morgan fingerprint density at radius 1 is 0.871 bits per heavy atom. The van der Waals surface area contributed by atoms with Crippen LogP contribution in [0.1, 0.15) is 63.9 Å². The molecular weight excluding hydrogens is 419 g/mol. The summed E-state index contributed by atoms with van der Waals surface area (Å²) in [6, 6.07) is 18.2. The van der Waals surface area contributed by atoms with E-state index in [1.165, 1.54) is 44.9 Å². The van der Waals surface area contributed by atoms with E-state index in [2.05, 4.69) is 13.0 Å². The second kappa shape index (κ2) is 11.1. The molecule has 1 saturated heterocycles. The van der Waals surface area contributed by atoms with Crippen molar-refractivity contribution >= 4 is 20.4 Å². The van der Waals surface area contributed by atoms with Gasteiger partial charge < -0.3 is 0 Å². The summed E-state index contributed by atoms with van der Waals surface area (Å²) in [5.74, 6) is 2.74. The van der Waals surface area contributed by atoms with Crippen LogP contribution in [0.2, 0.25) is 23.2 Å². The highest BCUT2D eigenvalue weighted by Gasteiger charge is 2.30. The Morgan fingerprint density at radius 2 is 1.52 bits per heavy atom. The second-order valence-electron chi connectivity index (χ2n) is 10.2. The maximum Gasteiger partial charge on any atom is 0.127 e. The number of rotatable bonds is 7. The molecule has 2 aromatic rings. The molecule has 31 heavy (non-hydrogen) atoms. The predicted octanol–water partition coefficient (Wildman–Crippen LogP) is 8.93. The highest BCUT2D eigenvalue weighted by molar-refractivity contribution is 6.58. The summed E-state index contributed by atoms with van der Waals surface area (Å²) < 4.78 is 14.7. The summed E-state index contributed by atoms with van der Waals surface area (Å²) in [6.07, 6.45) is 12.1. The monoisotopic (exact) mass is 456 g/mol. The third-order valence-electron chi connectivity index (χ3n) is 8.20. The zero-order chi connectivity index (χ0) is 21.6. The average molecular weight is 457 g/mol. The molecule has 0 aromatic heterocycles. The van der Waals surface area contributed by atoms with Gasteiger partial charge in [-0.05, 0) is 78.3 Å². The van der Waals surface area contributed by atoms with Gasteiger partial charge in [0.2, 0.25) is 0 Å². The largest absolute Gasteiger partial charge is 0.207 e. The number of halogens is 2. The Hall–Kier alpha value is -1.12. The lowest BCUT2D eigenvalue weighted by atomic mass is 9.73. The molecule has 4 rings (SSSR count). The van der Waals surface area contributed by atoms with E-state index >= 15 is 0 Å². The van der Waals surface area contributed by atoms with Gasteiger partial charge in [0, 0.05) is 13.8 Å². The van der Waals surface area contributed by atoms with Gasteiger partial charge in [-0.25, -0.2) is 4.39 Å². The smallest absolute Gasteiger partial charge is 0.127 e. The van der Waals surface area contributed by atoms with Gasteiger partial charge in [0.25, 0.3) is 0 Å². The fourth-order valence-electron chi connectivity index (χ4n) is 6.24. The van der Waals surface area contributed by atoms with Crippen LogP contribution in [0.4, 0.5) is 4.39 Å². The van der Waals surface area contributed by atoms with Crippen LogP contribution in [0.5, 0.6) is 0 Å². The summed E-state index contributed by atoms with van der Waals surface area (Å²) in [5.41, 5.74) is 2.81. The standard InChI is InChI=1S/C28H38ClFSi/c1-2-17-31-18-15-24(16-19-31)22-6-3-21(4-7-22)5-8-25-9-10-26(20-28(25)30)23-11-13-27(29)14-12-23/h9-14,20-22,24,31H,2-8,15-19H2,1H3. The average Bonchev–Trinajstić information content (AvgIpc) is 2.80. The highest BCUT2D eigenvalue weighted by atomic mass is 35.5. The van der Waals surface area contributed by atoms with E-state index < -0.39 is 0 Å². The van der Waals surface area contributed by atoms with E-state index in [1.54, 1.807) is 24.2 Å². The van der Waals surface area contributed by atoms with Crippen molar-refractivity contribution in [2.24, 2.45) is 17.8 Å². The molecule has 0 bridgehead atoms. The van der Waals surface area contributed by atoms with E-state index in [0.29, 0.717) is 5.02 Å². The SMILES string of the molecule is CCC[SiH]1CCC(C2CCC(CCc3ccc(-c4ccc(Cl)cc4)cc3F)CC2)CC1. The summed E-state index contributed by atoms with van der Waals surface area (Å²) in [4.78, 5) is 0. The third kappa shape index (κ3) is 6.23. The van der Waals surface area contributed by atoms with Crippen molar-refractivity contribution in [3.05, 3.63) is 58.9 Å². The maximum absolute atomic E-state index is 14.7. The van der Waals surface area contributed by atoms with E-state index in [9.17, 15) is 4.39 Å². The van der Waals surface area contributed by atoms with Crippen molar-refractivity contribution in [1.82, 2.24) is 0 Å². The first-order valence-corrected chi connectivity index (χ1v) is 15.5. The van der Waals surface area contributed by atoms with Gasteiger partial charge in [0.1, 0.15) is 5.82 Å². The normalized spacial score (nSPS) is 26.7. The van der Waals surface area contributed by atoms with Crippen LogP contribution in [0.3, 0.4) is 0 Å². The quantitative estimate of drug-likeness (QED) is 0.364. The number of aryl methyl sites for hydroxylation is 1. The molecule has 0 atom stereocenters. The molecule has 0 spiro atoms. The van der Waals surface area contributed by atoms with E-state index in [1.807, 2.05) is 30.3 Å². The predicted molar refractivity (Wildman–Crippen MR) is 135 cm³/mol. The third-order valence-corrected chi connectivity index (χ3v) is 12.1. The van der Waals surface area contributed by atoms with Crippen LogP contribution in [0.15, 0.2) is 42.5 Å². The van der Waals surface area contributed by atoms with Crippen molar-refractivity contribution < 1.29 is 4.39 Å². The lowest BCUT2D eigenvalue weighted by Gasteiger charge is -2.37. The minimum absolute atomic E-state index is 0.0610. The first kappa shape index (κ1) is 23.0.